The summed E-state index contributed by atoms with van der Waals surface area (Å²) in [5.74, 6) is -0.187. The fourth-order valence-corrected chi connectivity index (χ4v) is 2.91. The van der Waals surface area contributed by atoms with Crippen molar-refractivity contribution in [1.29, 1.82) is 0 Å². The van der Waals surface area contributed by atoms with Gasteiger partial charge in [0, 0.05) is 12.2 Å². The number of rotatable bonds is 4. The number of hydrogen-bond donors (Lipinski definition) is 1. The molecule has 23 heavy (non-hydrogen) atoms. The first-order valence-corrected chi connectivity index (χ1v) is 7.93. The fourth-order valence-electron chi connectivity index (χ4n) is 2.91. The molecule has 0 bridgehead atoms. The quantitative estimate of drug-likeness (QED) is 0.942. The fraction of sp³-hybridized carbons (Fsp3) is 0.263. The highest BCUT2D eigenvalue weighted by atomic mass is 16.2. The molecule has 1 aliphatic heterocycles. The van der Waals surface area contributed by atoms with Crippen LogP contribution in [0.5, 0.6) is 0 Å². The Hall–Kier alpha value is -2.62. The van der Waals surface area contributed by atoms with Crippen molar-refractivity contribution in [2.24, 2.45) is 0 Å². The topological polar surface area (TPSA) is 49.4 Å². The van der Waals surface area contributed by atoms with Gasteiger partial charge in [0.05, 0.1) is 13.0 Å². The van der Waals surface area contributed by atoms with Gasteiger partial charge in [-0.2, -0.15) is 0 Å². The van der Waals surface area contributed by atoms with Crippen molar-refractivity contribution < 1.29 is 9.59 Å². The number of carbonyl (C=O) groups is 2. The maximum absolute atomic E-state index is 12.4. The van der Waals surface area contributed by atoms with Gasteiger partial charge in [-0.3, -0.25) is 9.59 Å². The number of amides is 2. The Balaban J connectivity index is 1.57. The number of nitrogens with zero attached hydrogens (tertiary/aromatic N) is 1. The molecule has 0 aromatic heterocycles. The summed E-state index contributed by atoms with van der Waals surface area (Å²) in [6.45, 7) is 0.754. The van der Waals surface area contributed by atoms with Gasteiger partial charge in [0.15, 0.2) is 0 Å². The predicted octanol–water partition coefficient (Wildman–Crippen LogP) is 2.32. The molecule has 0 spiro atoms. The molecule has 0 radical (unpaired) electrons. The average Bonchev–Trinajstić information content (AvgIpc) is 2.60. The van der Waals surface area contributed by atoms with Gasteiger partial charge in [-0.25, -0.2) is 0 Å². The van der Waals surface area contributed by atoms with Crippen LogP contribution in [0.3, 0.4) is 0 Å². The van der Waals surface area contributed by atoms with E-state index in [9.17, 15) is 9.59 Å². The molecule has 4 heteroatoms. The number of hydrogen-bond acceptors (Lipinski definition) is 2. The van der Waals surface area contributed by atoms with Gasteiger partial charge in [-0.15, -0.1) is 0 Å². The molecular weight excluding hydrogens is 288 g/mol. The Labute approximate surface area is 136 Å². The standard InChI is InChI=1S/C19H20N2O2/c22-18(13-15-7-2-1-3-8-15)20-14-19(23)21-12-6-10-16-9-4-5-11-17(16)21/h1-5,7-9,11H,6,10,12-14H2,(H,20,22). The Morgan fingerprint density at radius 3 is 2.57 bits per heavy atom. The second-order valence-electron chi connectivity index (χ2n) is 5.72. The van der Waals surface area contributed by atoms with E-state index in [2.05, 4.69) is 11.4 Å². The molecule has 3 rings (SSSR count). The van der Waals surface area contributed by atoms with Crippen molar-refractivity contribution in [3.8, 4) is 0 Å². The molecule has 1 aliphatic rings. The van der Waals surface area contributed by atoms with Crippen LogP contribution in [-0.4, -0.2) is 24.9 Å². The number of carbonyl (C=O) groups excluding carboxylic acids is 2. The summed E-state index contributed by atoms with van der Waals surface area (Å²) in [5, 5.41) is 2.73. The Kier molecular flexibility index (Phi) is 4.71. The molecule has 0 saturated heterocycles. The molecule has 1 N–H and O–H groups in total. The van der Waals surface area contributed by atoms with Crippen LogP contribution in [0.2, 0.25) is 0 Å². The van der Waals surface area contributed by atoms with Gasteiger partial charge < -0.3 is 10.2 Å². The highest BCUT2D eigenvalue weighted by molar-refractivity contribution is 5.97. The molecule has 0 fully saturated rings. The first kappa shape index (κ1) is 15.3. The normalized spacial score (nSPS) is 13.3. The Bertz CT molecular complexity index is 698. The van der Waals surface area contributed by atoms with Gasteiger partial charge in [0.2, 0.25) is 11.8 Å². The SMILES string of the molecule is O=C(Cc1ccccc1)NCC(=O)N1CCCc2ccccc21. The summed E-state index contributed by atoms with van der Waals surface area (Å²) in [6, 6.07) is 17.5. The van der Waals surface area contributed by atoms with Crippen molar-refractivity contribution >= 4 is 17.5 Å². The molecule has 0 saturated carbocycles. The van der Waals surface area contributed by atoms with E-state index in [1.54, 1.807) is 4.90 Å². The summed E-state index contributed by atoms with van der Waals surface area (Å²) in [6.07, 6.45) is 2.26. The predicted molar refractivity (Wildman–Crippen MR) is 90.3 cm³/mol. The summed E-state index contributed by atoms with van der Waals surface area (Å²) in [4.78, 5) is 26.2. The minimum Gasteiger partial charge on any atom is -0.347 e. The lowest BCUT2D eigenvalue weighted by Gasteiger charge is -2.29. The smallest absolute Gasteiger partial charge is 0.246 e. The molecule has 2 aromatic carbocycles. The lowest BCUT2D eigenvalue weighted by Crippen LogP contribution is -2.43. The van der Waals surface area contributed by atoms with Gasteiger partial charge in [-0.1, -0.05) is 48.5 Å². The number of aryl methyl sites for hydroxylation is 1. The van der Waals surface area contributed by atoms with E-state index in [1.807, 2.05) is 48.5 Å². The maximum Gasteiger partial charge on any atom is 0.246 e. The van der Waals surface area contributed by atoms with E-state index in [1.165, 1.54) is 5.56 Å². The number of nitrogens with one attached hydrogen (secondary N) is 1. The summed E-state index contributed by atoms with van der Waals surface area (Å²) < 4.78 is 0. The zero-order chi connectivity index (χ0) is 16.1. The number of benzene rings is 2. The molecular formula is C19H20N2O2. The van der Waals surface area contributed by atoms with Crippen LogP contribution < -0.4 is 10.2 Å². The van der Waals surface area contributed by atoms with E-state index in [-0.39, 0.29) is 18.4 Å². The van der Waals surface area contributed by atoms with Crippen molar-refractivity contribution in [2.45, 2.75) is 19.3 Å². The lowest BCUT2D eigenvalue weighted by molar-refractivity contribution is -0.124. The monoisotopic (exact) mass is 308 g/mol. The summed E-state index contributed by atoms with van der Waals surface area (Å²) in [5.41, 5.74) is 3.12. The Morgan fingerprint density at radius 2 is 1.74 bits per heavy atom. The van der Waals surface area contributed by atoms with Crippen LogP contribution in [0.15, 0.2) is 54.6 Å². The third kappa shape index (κ3) is 3.77. The largest absolute Gasteiger partial charge is 0.347 e. The van der Waals surface area contributed by atoms with Crippen molar-refractivity contribution in [3.63, 3.8) is 0 Å². The number of anilines is 1. The van der Waals surface area contributed by atoms with Crippen molar-refractivity contribution in [3.05, 3.63) is 65.7 Å². The van der Waals surface area contributed by atoms with Crippen LogP contribution in [0.25, 0.3) is 0 Å². The third-order valence-electron chi connectivity index (χ3n) is 4.06. The molecule has 0 aliphatic carbocycles. The van der Waals surface area contributed by atoms with E-state index in [0.717, 1.165) is 24.1 Å². The van der Waals surface area contributed by atoms with E-state index in [0.29, 0.717) is 13.0 Å². The van der Waals surface area contributed by atoms with Gasteiger partial charge >= 0.3 is 0 Å². The molecule has 2 aromatic rings. The lowest BCUT2D eigenvalue weighted by atomic mass is 10.0. The number of fused-ring (bicyclic) bond motifs is 1. The van der Waals surface area contributed by atoms with Crippen LogP contribution in [0.1, 0.15) is 17.5 Å². The maximum atomic E-state index is 12.4. The Morgan fingerprint density at radius 1 is 1.00 bits per heavy atom. The minimum atomic E-state index is -0.130. The highest BCUT2D eigenvalue weighted by Crippen LogP contribution is 2.26. The second-order valence-corrected chi connectivity index (χ2v) is 5.72. The minimum absolute atomic E-state index is 0.0417. The van der Waals surface area contributed by atoms with Crippen LogP contribution in [0.4, 0.5) is 5.69 Å². The number of para-hydroxylation sites is 1. The van der Waals surface area contributed by atoms with Crippen LogP contribution in [0, 0.1) is 0 Å². The van der Waals surface area contributed by atoms with Crippen molar-refractivity contribution in [1.82, 2.24) is 5.32 Å². The zero-order valence-electron chi connectivity index (χ0n) is 13.0. The van der Waals surface area contributed by atoms with E-state index < -0.39 is 0 Å². The second kappa shape index (κ2) is 7.09. The summed E-state index contributed by atoms with van der Waals surface area (Å²) >= 11 is 0. The van der Waals surface area contributed by atoms with Crippen LogP contribution >= 0.6 is 0 Å². The first-order valence-electron chi connectivity index (χ1n) is 7.93. The van der Waals surface area contributed by atoms with Crippen molar-refractivity contribution in [2.75, 3.05) is 18.0 Å². The van der Waals surface area contributed by atoms with Gasteiger partial charge in [0.1, 0.15) is 0 Å². The van der Waals surface area contributed by atoms with Gasteiger partial charge in [-0.05, 0) is 30.0 Å². The first-order chi connectivity index (χ1) is 11.2. The average molecular weight is 308 g/mol. The van der Waals surface area contributed by atoms with Crippen LogP contribution in [-0.2, 0) is 22.4 Å². The summed E-state index contributed by atoms with van der Waals surface area (Å²) in [7, 11) is 0. The van der Waals surface area contributed by atoms with Gasteiger partial charge in [0.25, 0.3) is 0 Å². The molecule has 1 heterocycles. The highest BCUT2D eigenvalue weighted by Gasteiger charge is 2.22. The molecule has 2 amide bonds. The van der Waals surface area contributed by atoms with E-state index >= 15 is 0 Å². The molecule has 118 valence electrons. The zero-order valence-corrected chi connectivity index (χ0v) is 13.0. The molecule has 4 nitrogen and oxygen atoms in total. The van der Waals surface area contributed by atoms with E-state index in [4.69, 9.17) is 0 Å². The molecule has 0 atom stereocenters. The molecule has 0 unspecified atom stereocenters. The third-order valence-corrected chi connectivity index (χ3v) is 4.06.